The van der Waals surface area contributed by atoms with Gasteiger partial charge in [-0.3, -0.25) is 0 Å². The molecule has 0 saturated carbocycles. The molecule has 0 aromatic carbocycles. The lowest BCUT2D eigenvalue weighted by Crippen LogP contribution is -2.32. The summed E-state index contributed by atoms with van der Waals surface area (Å²) in [5.41, 5.74) is 0.703. The predicted molar refractivity (Wildman–Crippen MR) is 82.2 cm³/mol. The number of likely N-dealkylation sites (N-methyl/N-ethyl adjacent to an activating group) is 1. The van der Waals surface area contributed by atoms with Gasteiger partial charge in [-0.15, -0.1) is 0 Å². The molecular formula is C14H32N2OSi. The zero-order valence-corrected chi connectivity index (χ0v) is 13.8. The van der Waals surface area contributed by atoms with E-state index in [0.717, 1.165) is 13.2 Å². The number of hydrogen-bond acceptors (Lipinski definition) is 3. The average Bonchev–Trinajstić information content (AvgIpc) is 2.43. The molecule has 0 bridgehead atoms. The summed E-state index contributed by atoms with van der Waals surface area (Å²) in [4.78, 5) is 2.47. The topological polar surface area (TPSA) is 24.5 Å². The highest BCUT2D eigenvalue weighted by molar-refractivity contribution is 6.37. The van der Waals surface area contributed by atoms with Crippen LogP contribution in [0.5, 0.6) is 0 Å². The number of hydrogen-bond donors (Lipinski definition) is 1. The SMILES string of the molecule is CCN(CC)CCNCCC[SiH2]C1CCCCO1. The van der Waals surface area contributed by atoms with Crippen molar-refractivity contribution in [3.05, 3.63) is 0 Å². The van der Waals surface area contributed by atoms with Gasteiger partial charge in [-0.25, -0.2) is 0 Å². The molecule has 1 saturated heterocycles. The maximum atomic E-state index is 5.80. The van der Waals surface area contributed by atoms with E-state index in [0.29, 0.717) is 5.73 Å². The quantitative estimate of drug-likeness (QED) is 0.481. The summed E-state index contributed by atoms with van der Waals surface area (Å²) in [7, 11) is 0.0342. The fraction of sp³-hybridized carbons (Fsp3) is 1.00. The van der Waals surface area contributed by atoms with Gasteiger partial charge in [0.2, 0.25) is 0 Å². The molecule has 1 heterocycles. The molecule has 0 amide bonds. The van der Waals surface area contributed by atoms with Crippen molar-refractivity contribution in [2.75, 3.05) is 39.3 Å². The molecule has 18 heavy (non-hydrogen) atoms. The van der Waals surface area contributed by atoms with Gasteiger partial charge in [0.05, 0.1) is 9.52 Å². The highest BCUT2D eigenvalue weighted by Crippen LogP contribution is 2.12. The first-order valence-electron chi connectivity index (χ1n) is 7.91. The normalized spacial score (nSPS) is 21.2. The Morgan fingerprint density at radius 2 is 2.06 bits per heavy atom. The maximum absolute atomic E-state index is 5.80. The molecule has 3 nitrogen and oxygen atoms in total. The standard InChI is InChI=1S/C14H32N2OSi/c1-3-16(4-2)11-10-15-9-7-13-18-14-8-5-6-12-17-14/h14-15H,3-13,18H2,1-2H3. The molecule has 1 atom stereocenters. The van der Waals surface area contributed by atoms with Gasteiger partial charge in [-0.05, 0) is 45.3 Å². The molecular weight excluding hydrogens is 240 g/mol. The first-order valence-corrected chi connectivity index (χ1v) is 9.73. The second-order valence-corrected chi connectivity index (χ2v) is 7.46. The summed E-state index contributed by atoms with van der Waals surface area (Å²) in [5.74, 6) is 0. The van der Waals surface area contributed by atoms with Gasteiger partial charge in [-0.2, -0.15) is 0 Å². The van der Waals surface area contributed by atoms with Gasteiger partial charge < -0.3 is 15.0 Å². The molecule has 108 valence electrons. The third-order valence-corrected chi connectivity index (χ3v) is 6.10. The molecule has 1 fully saturated rings. The van der Waals surface area contributed by atoms with Gasteiger partial charge in [0, 0.05) is 25.4 Å². The lowest BCUT2D eigenvalue weighted by Gasteiger charge is -2.22. The van der Waals surface area contributed by atoms with Gasteiger partial charge in [0.15, 0.2) is 0 Å². The zero-order chi connectivity index (χ0) is 13.1. The fourth-order valence-electron chi connectivity index (χ4n) is 2.56. The number of nitrogens with one attached hydrogen (secondary N) is 1. The van der Waals surface area contributed by atoms with Crippen LogP contribution in [-0.2, 0) is 4.74 Å². The number of rotatable bonds is 10. The third-order valence-electron chi connectivity index (χ3n) is 3.90. The number of ether oxygens (including phenoxy) is 1. The minimum atomic E-state index is 0.0342. The van der Waals surface area contributed by atoms with E-state index in [1.54, 1.807) is 0 Å². The van der Waals surface area contributed by atoms with E-state index in [1.165, 1.54) is 57.9 Å². The van der Waals surface area contributed by atoms with Crippen molar-refractivity contribution >= 4 is 9.52 Å². The lowest BCUT2D eigenvalue weighted by molar-refractivity contribution is 0.0650. The van der Waals surface area contributed by atoms with Crippen LogP contribution in [0.2, 0.25) is 6.04 Å². The first kappa shape index (κ1) is 16.2. The third kappa shape index (κ3) is 7.51. The average molecular weight is 273 g/mol. The summed E-state index contributed by atoms with van der Waals surface area (Å²) in [5, 5.41) is 3.56. The van der Waals surface area contributed by atoms with Crippen LogP contribution in [0.25, 0.3) is 0 Å². The van der Waals surface area contributed by atoms with E-state index >= 15 is 0 Å². The van der Waals surface area contributed by atoms with E-state index in [1.807, 2.05) is 0 Å². The molecule has 1 aliphatic rings. The molecule has 1 unspecified atom stereocenters. The monoisotopic (exact) mass is 272 g/mol. The van der Waals surface area contributed by atoms with Crippen molar-refractivity contribution in [3.63, 3.8) is 0 Å². The van der Waals surface area contributed by atoms with Crippen LogP contribution >= 0.6 is 0 Å². The van der Waals surface area contributed by atoms with Gasteiger partial charge >= 0.3 is 0 Å². The Labute approximate surface area is 115 Å². The van der Waals surface area contributed by atoms with Crippen molar-refractivity contribution in [3.8, 4) is 0 Å². The molecule has 0 radical (unpaired) electrons. The van der Waals surface area contributed by atoms with Crippen molar-refractivity contribution in [1.82, 2.24) is 10.2 Å². The van der Waals surface area contributed by atoms with Gasteiger partial charge in [-0.1, -0.05) is 19.9 Å². The molecule has 1 N–H and O–H groups in total. The summed E-state index contributed by atoms with van der Waals surface area (Å²) in [6, 6.07) is 1.45. The molecule has 1 aliphatic heterocycles. The van der Waals surface area contributed by atoms with Crippen LogP contribution in [0.15, 0.2) is 0 Å². The van der Waals surface area contributed by atoms with Crippen LogP contribution in [0, 0.1) is 0 Å². The Balaban J connectivity index is 1.83. The summed E-state index contributed by atoms with van der Waals surface area (Å²) in [6.07, 6.45) is 5.39. The lowest BCUT2D eigenvalue weighted by atomic mass is 10.2. The highest BCUT2D eigenvalue weighted by atomic mass is 28.2. The Morgan fingerprint density at radius 3 is 2.72 bits per heavy atom. The second kappa shape index (κ2) is 11.0. The summed E-state index contributed by atoms with van der Waals surface area (Å²) < 4.78 is 5.80. The minimum Gasteiger partial charge on any atom is -0.382 e. The smallest absolute Gasteiger partial charge is 0.0556 e. The van der Waals surface area contributed by atoms with E-state index in [-0.39, 0.29) is 9.52 Å². The summed E-state index contributed by atoms with van der Waals surface area (Å²) >= 11 is 0. The first-order chi connectivity index (χ1) is 8.86. The van der Waals surface area contributed by atoms with Crippen LogP contribution in [0.3, 0.4) is 0 Å². The van der Waals surface area contributed by atoms with Crippen molar-refractivity contribution in [2.45, 2.75) is 51.3 Å². The van der Waals surface area contributed by atoms with Gasteiger partial charge in [0.1, 0.15) is 0 Å². The van der Waals surface area contributed by atoms with E-state index in [4.69, 9.17) is 4.74 Å². The molecule has 0 spiro atoms. The molecule has 4 heteroatoms. The Kier molecular flexibility index (Phi) is 9.84. The van der Waals surface area contributed by atoms with Crippen molar-refractivity contribution in [1.29, 1.82) is 0 Å². The molecule has 0 aliphatic carbocycles. The zero-order valence-electron chi connectivity index (χ0n) is 12.4. The second-order valence-electron chi connectivity index (χ2n) is 5.26. The minimum absolute atomic E-state index is 0.0342. The van der Waals surface area contributed by atoms with Crippen LogP contribution in [0.4, 0.5) is 0 Å². The Morgan fingerprint density at radius 1 is 1.22 bits per heavy atom. The van der Waals surface area contributed by atoms with E-state index < -0.39 is 0 Å². The van der Waals surface area contributed by atoms with Crippen LogP contribution in [-0.4, -0.2) is 59.5 Å². The predicted octanol–water partition coefficient (Wildman–Crippen LogP) is 1.42. The van der Waals surface area contributed by atoms with Crippen molar-refractivity contribution in [2.24, 2.45) is 0 Å². The maximum Gasteiger partial charge on any atom is 0.0556 e. The van der Waals surface area contributed by atoms with Crippen LogP contribution in [0.1, 0.15) is 39.5 Å². The molecule has 0 aromatic heterocycles. The fourth-order valence-corrected chi connectivity index (χ4v) is 4.46. The molecule has 0 aromatic rings. The molecule has 1 rings (SSSR count). The highest BCUT2D eigenvalue weighted by Gasteiger charge is 2.13. The van der Waals surface area contributed by atoms with E-state index in [2.05, 4.69) is 24.1 Å². The van der Waals surface area contributed by atoms with Crippen LogP contribution < -0.4 is 5.32 Å². The summed E-state index contributed by atoms with van der Waals surface area (Å²) in [6.45, 7) is 11.4. The van der Waals surface area contributed by atoms with Crippen molar-refractivity contribution < 1.29 is 4.74 Å². The van der Waals surface area contributed by atoms with E-state index in [9.17, 15) is 0 Å². The largest absolute Gasteiger partial charge is 0.382 e. The number of nitrogens with zero attached hydrogens (tertiary/aromatic N) is 1. The Hall–Kier alpha value is 0.0969. The van der Waals surface area contributed by atoms with Gasteiger partial charge in [0.25, 0.3) is 0 Å². The Bertz CT molecular complexity index is 183.